The smallest absolute Gasteiger partial charge is 0.405 e. The van der Waals surface area contributed by atoms with Gasteiger partial charge in [-0.15, -0.1) is 0 Å². The number of ether oxygens (including phenoxy) is 1. The minimum Gasteiger partial charge on any atom is -0.480 e. The molecule has 0 aromatic carbocycles. The molecule has 1 N–H and O–H groups in total. The van der Waals surface area contributed by atoms with Crippen LogP contribution in [0.5, 0.6) is 5.75 Å². The van der Waals surface area contributed by atoms with Crippen LogP contribution in [-0.2, 0) is 11.8 Å². The number of alkyl halides is 3. The summed E-state index contributed by atoms with van der Waals surface area (Å²) in [6, 6.07) is 0. The molecule has 0 spiro atoms. The fourth-order valence-corrected chi connectivity index (χ4v) is 0.872. The lowest BCUT2D eigenvalue weighted by atomic mass is 10.5. The van der Waals surface area contributed by atoms with Crippen molar-refractivity contribution in [2.24, 2.45) is 7.05 Å². The van der Waals surface area contributed by atoms with Crippen LogP contribution in [0.4, 0.5) is 13.2 Å². The number of aromatic nitrogens is 2. The summed E-state index contributed by atoms with van der Waals surface area (Å²) in [5.74, 6) is -0.508. The van der Waals surface area contributed by atoms with E-state index in [1.54, 1.807) is 12.4 Å². The minimum atomic E-state index is -4.41. The zero-order valence-electron chi connectivity index (χ0n) is 8.41. The number of aryl methyl sites for hydroxylation is 1. The number of carbonyl (C=O) groups is 1. The largest absolute Gasteiger partial charge is 0.480 e. The molecule has 1 aromatic rings. The third kappa shape index (κ3) is 4.67. The Morgan fingerprint density at radius 2 is 2.31 bits per heavy atom. The molecule has 0 saturated carbocycles. The number of nitrogens with one attached hydrogen (secondary N) is 1. The number of rotatable bonds is 4. The van der Waals surface area contributed by atoms with Crippen LogP contribution < -0.4 is 10.1 Å². The first-order valence-electron chi connectivity index (χ1n) is 4.32. The van der Waals surface area contributed by atoms with Gasteiger partial charge in [-0.05, 0) is 0 Å². The monoisotopic (exact) mass is 237 g/mol. The maximum Gasteiger partial charge on any atom is 0.405 e. The zero-order valence-corrected chi connectivity index (χ0v) is 8.41. The molecule has 5 nitrogen and oxygen atoms in total. The predicted octanol–water partition coefficient (Wildman–Crippen LogP) is 0.477. The van der Waals surface area contributed by atoms with E-state index >= 15 is 0 Å². The Balaban J connectivity index is 2.25. The van der Waals surface area contributed by atoms with Gasteiger partial charge in [0.25, 0.3) is 5.91 Å². The fraction of sp³-hybridized carbons (Fsp3) is 0.500. The van der Waals surface area contributed by atoms with Crippen LogP contribution in [0.15, 0.2) is 12.4 Å². The van der Waals surface area contributed by atoms with Crippen molar-refractivity contribution < 1.29 is 22.7 Å². The van der Waals surface area contributed by atoms with Crippen molar-refractivity contribution in [3.8, 4) is 5.75 Å². The normalized spacial score (nSPS) is 11.2. The topological polar surface area (TPSA) is 56.1 Å². The van der Waals surface area contributed by atoms with Crippen molar-refractivity contribution in [3.05, 3.63) is 12.4 Å². The van der Waals surface area contributed by atoms with Gasteiger partial charge in [-0.2, -0.15) is 18.3 Å². The Bertz CT molecular complexity index is 362. The molecule has 8 heteroatoms. The van der Waals surface area contributed by atoms with Gasteiger partial charge in [0, 0.05) is 7.05 Å². The molecule has 16 heavy (non-hydrogen) atoms. The van der Waals surface area contributed by atoms with Gasteiger partial charge in [-0.25, -0.2) is 0 Å². The summed E-state index contributed by atoms with van der Waals surface area (Å²) in [5.41, 5.74) is 0. The lowest BCUT2D eigenvalue weighted by Crippen LogP contribution is -2.36. The summed E-state index contributed by atoms with van der Waals surface area (Å²) >= 11 is 0. The van der Waals surface area contributed by atoms with Crippen LogP contribution in [-0.4, -0.2) is 35.0 Å². The molecule has 0 fully saturated rings. The van der Waals surface area contributed by atoms with Crippen molar-refractivity contribution in [1.29, 1.82) is 0 Å². The zero-order chi connectivity index (χ0) is 12.2. The van der Waals surface area contributed by atoms with Crippen molar-refractivity contribution in [3.63, 3.8) is 0 Å². The highest BCUT2D eigenvalue weighted by molar-refractivity contribution is 5.77. The standard InChI is InChI=1S/C8H10F3N3O2/c1-14-3-6(2-13-14)16-4-7(15)12-5-8(9,10)11/h2-3H,4-5H2,1H3,(H,12,15). The highest BCUT2D eigenvalue weighted by atomic mass is 19.4. The molecule has 0 aliphatic heterocycles. The van der Waals surface area contributed by atoms with Crippen LogP contribution in [0.2, 0.25) is 0 Å². The molecule has 0 saturated heterocycles. The Kier molecular flexibility index (Phi) is 3.75. The average molecular weight is 237 g/mol. The van der Waals surface area contributed by atoms with E-state index < -0.39 is 25.2 Å². The number of halogens is 3. The molecule has 0 bridgehead atoms. The summed E-state index contributed by atoms with van der Waals surface area (Å²) in [4.78, 5) is 10.9. The third-order valence-corrected chi connectivity index (χ3v) is 1.54. The van der Waals surface area contributed by atoms with E-state index in [2.05, 4.69) is 5.10 Å². The molecule has 1 heterocycles. The van der Waals surface area contributed by atoms with E-state index in [0.717, 1.165) is 0 Å². The van der Waals surface area contributed by atoms with Crippen LogP contribution in [0.1, 0.15) is 0 Å². The molecular formula is C8H10F3N3O2. The first-order valence-corrected chi connectivity index (χ1v) is 4.32. The highest BCUT2D eigenvalue weighted by Gasteiger charge is 2.27. The summed E-state index contributed by atoms with van der Waals surface area (Å²) in [6.07, 6.45) is -1.56. The van der Waals surface area contributed by atoms with Gasteiger partial charge in [0.05, 0.1) is 12.4 Å². The molecule has 1 aromatic heterocycles. The summed E-state index contributed by atoms with van der Waals surface area (Å²) in [5, 5.41) is 5.44. The Morgan fingerprint density at radius 1 is 1.62 bits per heavy atom. The average Bonchev–Trinajstić information content (AvgIpc) is 2.57. The van der Waals surface area contributed by atoms with Gasteiger partial charge in [0.2, 0.25) is 0 Å². The van der Waals surface area contributed by atoms with E-state index in [1.807, 2.05) is 0 Å². The van der Waals surface area contributed by atoms with Crippen molar-refractivity contribution in [2.45, 2.75) is 6.18 Å². The lowest BCUT2D eigenvalue weighted by molar-refractivity contribution is -0.139. The number of hydrogen-bond donors (Lipinski definition) is 1. The molecular weight excluding hydrogens is 227 g/mol. The number of nitrogens with zero attached hydrogens (tertiary/aromatic N) is 2. The van der Waals surface area contributed by atoms with Crippen LogP contribution in [0.3, 0.4) is 0 Å². The molecule has 1 amide bonds. The summed E-state index contributed by atoms with van der Waals surface area (Å²) in [7, 11) is 1.65. The lowest BCUT2D eigenvalue weighted by Gasteiger charge is -2.08. The van der Waals surface area contributed by atoms with Gasteiger partial charge >= 0.3 is 6.18 Å². The quantitative estimate of drug-likeness (QED) is 0.828. The van der Waals surface area contributed by atoms with E-state index in [4.69, 9.17) is 4.74 Å². The van der Waals surface area contributed by atoms with Crippen molar-refractivity contribution in [1.82, 2.24) is 15.1 Å². The van der Waals surface area contributed by atoms with Crippen molar-refractivity contribution in [2.75, 3.05) is 13.2 Å². The van der Waals surface area contributed by atoms with Crippen LogP contribution in [0.25, 0.3) is 0 Å². The third-order valence-electron chi connectivity index (χ3n) is 1.54. The Morgan fingerprint density at radius 3 is 2.81 bits per heavy atom. The number of carbonyl (C=O) groups excluding carboxylic acids is 1. The van der Waals surface area contributed by atoms with E-state index in [9.17, 15) is 18.0 Å². The predicted molar refractivity (Wildman–Crippen MR) is 47.8 cm³/mol. The van der Waals surface area contributed by atoms with Gasteiger partial charge in [0.1, 0.15) is 6.54 Å². The van der Waals surface area contributed by atoms with Gasteiger partial charge in [-0.3, -0.25) is 9.48 Å². The SMILES string of the molecule is Cn1cc(OCC(=O)NCC(F)(F)F)cn1. The van der Waals surface area contributed by atoms with Gasteiger partial charge < -0.3 is 10.1 Å². The maximum absolute atomic E-state index is 11.7. The van der Waals surface area contributed by atoms with Crippen LogP contribution >= 0.6 is 0 Å². The highest BCUT2D eigenvalue weighted by Crippen LogP contribution is 2.12. The summed E-state index contributed by atoms with van der Waals surface area (Å²) in [6.45, 7) is -1.83. The Labute approximate surface area is 89.2 Å². The van der Waals surface area contributed by atoms with Gasteiger partial charge in [-0.1, -0.05) is 0 Å². The molecule has 90 valence electrons. The van der Waals surface area contributed by atoms with Crippen molar-refractivity contribution >= 4 is 5.91 Å². The van der Waals surface area contributed by atoms with E-state index in [1.165, 1.54) is 17.1 Å². The molecule has 0 unspecified atom stereocenters. The first kappa shape index (κ1) is 12.3. The second kappa shape index (κ2) is 4.86. The molecule has 0 aliphatic carbocycles. The number of hydrogen-bond acceptors (Lipinski definition) is 3. The van der Waals surface area contributed by atoms with Gasteiger partial charge in [0.15, 0.2) is 12.4 Å². The maximum atomic E-state index is 11.7. The van der Waals surface area contributed by atoms with E-state index in [0.29, 0.717) is 5.75 Å². The minimum absolute atomic E-state index is 0.324. The number of amides is 1. The summed E-state index contributed by atoms with van der Waals surface area (Å²) < 4.78 is 41.5. The first-order chi connectivity index (χ1) is 7.37. The Hall–Kier alpha value is -1.73. The van der Waals surface area contributed by atoms with Crippen LogP contribution in [0, 0.1) is 0 Å². The molecule has 1 rings (SSSR count). The molecule has 0 radical (unpaired) electrons. The fourth-order valence-electron chi connectivity index (χ4n) is 0.872. The second-order valence-electron chi connectivity index (χ2n) is 3.03. The van der Waals surface area contributed by atoms with E-state index in [-0.39, 0.29) is 0 Å². The molecule has 0 aliphatic rings. The molecule has 0 atom stereocenters. The second-order valence-corrected chi connectivity index (χ2v) is 3.03.